The zero-order valence-electron chi connectivity index (χ0n) is 20.4. The standard InChI is InChI=1S/C21H27F6N2O5PS2/c1-19(2,3)35(30,14-15-10-6-5-7-11-15)13-9-8-12-16-28-17(36(31,32)20(22,23)24)18(29(16)4)37(33,34)21(25,26)27/h5-7,10-11H,8-9,12-14H2,1-4H3/p+1. The molecular formula is C21H28F6N2O5PS2+. The minimum atomic E-state index is -6.46. The van der Waals surface area contributed by atoms with Crippen molar-refractivity contribution in [2.45, 2.75) is 72.4 Å². The third-order valence-corrected chi connectivity index (χ3v) is 13.5. The molecule has 0 amide bonds. The minimum Gasteiger partial charge on any atom is -0.323 e. The molecule has 1 atom stereocenters. The van der Waals surface area contributed by atoms with Gasteiger partial charge in [0.1, 0.15) is 0 Å². The third-order valence-electron chi connectivity index (χ3n) is 5.98. The summed E-state index contributed by atoms with van der Waals surface area (Å²) in [5.41, 5.74) is -11.2. The normalized spacial score (nSPS) is 15.5. The number of alkyl halides is 6. The van der Waals surface area contributed by atoms with Crippen LogP contribution in [0.3, 0.4) is 0 Å². The zero-order chi connectivity index (χ0) is 28.7. The molecule has 0 bridgehead atoms. The first-order chi connectivity index (χ1) is 16.6. The number of nitrogens with one attached hydrogen (secondary N) is 1. The van der Waals surface area contributed by atoms with Gasteiger partial charge in [0.25, 0.3) is 15.9 Å². The first kappa shape index (κ1) is 31.4. The molecule has 210 valence electrons. The predicted octanol–water partition coefficient (Wildman–Crippen LogP) is 5.11. The van der Waals surface area contributed by atoms with E-state index in [1.54, 1.807) is 17.1 Å². The molecule has 37 heavy (non-hydrogen) atoms. The number of aromatic amines is 1. The van der Waals surface area contributed by atoms with Gasteiger partial charge in [0.15, 0.2) is 0 Å². The van der Waals surface area contributed by atoms with Crippen molar-refractivity contribution in [1.29, 1.82) is 0 Å². The number of aromatic nitrogens is 2. The zero-order valence-corrected chi connectivity index (χ0v) is 23.0. The Morgan fingerprint density at radius 3 is 1.84 bits per heavy atom. The lowest BCUT2D eigenvalue weighted by molar-refractivity contribution is -0.716. The lowest BCUT2D eigenvalue weighted by Gasteiger charge is -2.31. The second-order valence-electron chi connectivity index (χ2n) is 9.55. The topological polar surface area (TPSA) is 105 Å². The summed E-state index contributed by atoms with van der Waals surface area (Å²) in [6.45, 7) is 5.43. The second-order valence-corrected chi connectivity index (χ2v) is 17.2. The van der Waals surface area contributed by atoms with E-state index >= 15 is 0 Å². The molecule has 2 aromatic rings. The van der Waals surface area contributed by atoms with Gasteiger partial charge in [-0.3, -0.25) is 0 Å². The molecule has 0 aliphatic carbocycles. The molecule has 1 unspecified atom stereocenters. The van der Waals surface area contributed by atoms with Gasteiger partial charge in [0, 0.05) is 23.9 Å². The van der Waals surface area contributed by atoms with Crippen molar-refractivity contribution >= 4 is 26.8 Å². The van der Waals surface area contributed by atoms with Crippen molar-refractivity contribution in [2.24, 2.45) is 7.05 Å². The van der Waals surface area contributed by atoms with Crippen molar-refractivity contribution in [3.05, 3.63) is 41.7 Å². The highest BCUT2D eigenvalue weighted by atomic mass is 32.2. The van der Waals surface area contributed by atoms with Crippen LogP contribution in [0.2, 0.25) is 0 Å². The molecular weight excluding hydrogens is 569 g/mol. The van der Waals surface area contributed by atoms with Gasteiger partial charge in [-0.05, 0) is 18.4 Å². The fourth-order valence-electron chi connectivity index (χ4n) is 3.67. The molecule has 1 aromatic heterocycles. The van der Waals surface area contributed by atoms with Gasteiger partial charge in [-0.2, -0.15) is 26.3 Å². The van der Waals surface area contributed by atoms with Gasteiger partial charge >= 0.3 is 30.7 Å². The van der Waals surface area contributed by atoms with Crippen LogP contribution < -0.4 is 4.57 Å². The number of hydrogen-bond donors (Lipinski definition) is 1. The van der Waals surface area contributed by atoms with Gasteiger partial charge in [0.2, 0.25) is 0 Å². The van der Waals surface area contributed by atoms with Crippen molar-refractivity contribution in [3.8, 4) is 0 Å². The fraction of sp³-hybridized carbons (Fsp3) is 0.571. The van der Waals surface area contributed by atoms with E-state index in [4.69, 9.17) is 0 Å². The first-order valence-corrected chi connectivity index (χ1v) is 16.0. The summed E-state index contributed by atoms with van der Waals surface area (Å²) in [4.78, 5) is 1.75. The minimum absolute atomic E-state index is 0.0836. The molecule has 1 N–H and O–H groups in total. The van der Waals surface area contributed by atoms with Crippen molar-refractivity contribution < 1.29 is 52.3 Å². The summed E-state index contributed by atoms with van der Waals surface area (Å²) >= 11 is 0. The summed E-state index contributed by atoms with van der Waals surface area (Å²) in [7, 11) is -15.1. The van der Waals surface area contributed by atoms with E-state index in [-0.39, 0.29) is 36.2 Å². The van der Waals surface area contributed by atoms with Crippen molar-refractivity contribution in [2.75, 3.05) is 6.16 Å². The molecule has 2 rings (SSSR count). The smallest absolute Gasteiger partial charge is 0.323 e. The fourth-order valence-corrected chi connectivity index (χ4v) is 9.01. The van der Waals surface area contributed by atoms with Gasteiger partial charge in [0.05, 0.1) is 14.2 Å². The van der Waals surface area contributed by atoms with Gasteiger partial charge in [-0.1, -0.05) is 51.1 Å². The van der Waals surface area contributed by atoms with Crippen LogP contribution in [0.4, 0.5) is 26.3 Å². The molecule has 16 heteroatoms. The van der Waals surface area contributed by atoms with Crippen LogP contribution in [-0.4, -0.2) is 44.2 Å². The molecule has 0 saturated carbocycles. The Balaban J connectivity index is 2.38. The van der Waals surface area contributed by atoms with Crippen LogP contribution in [0.15, 0.2) is 40.4 Å². The maximum Gasteiger partial charge on any atom is 0.505 e. The lowest BCUT2D eigenvalue weighted by Crippen LogP contribution is -2.42. The van der Waals surface area contributed by atoms with E-state index in [0.717, 1.165) is 12.6 Å². The van der Waals surface area contributed by atoms with E-state index in [9.17, 15) is 47.7 Å². The van der Waals surface area contributed by atoms with Crippen LogP contribution in [0.25, 0.3) is 0 Å². The quantitative estimate of drug-likeness (QED) is 0.187. The summed E-state index contributed by atoms with van der Waals surface area (Å²) in [5, 5.41) is -4.74. The Bertz CT molecular complexity index is 1380. The highest BCUT2D eigenvalue weighted by Crippen LogP contribution is 2.60. The van der Waals surface area contributed by atoms with Gasteiger partial charge < -0.3 is 4.57 Å². The molecule has 0 spiro atoms. The number of benzene rings is 1. The number of rotatable bonds is 9. The number of imidazole rings is 1. The highest BCUT2D eigenvalue weighted by Gasteiger charge is 2.60. The maximum atomic E-state index is 13.8. The second kappa shape index (κ2) is 10.4. The van der Waals surface area contributed by atoms with Crippen molar-refractivity contribution in [3.63, 3.8) is 0 Å². The Kier molecular flexibility index (Phi) is 8.79. The first-order valence-electron chi connectivity index (χ1n) is 10.9. The molecule has 0 radical (unpaired) electrons. The Hall–Kier alpha value is -1.86. The average Bonchev–Trinajstić information content (AvgIpc) is 3.07. The van der Waals surface area contributed by atoms with Gasteiger partial charge in [-0.15, -0.1) is 0 Å². The molecule has 0 saturated heterocycles. The number of H-pyrrole nitrogens is 1. The van der Waals surface area contributed by atoms with E-state index < -0.39 is 58.9 Å². The molecule has 0 fully saturated rings. The molecule has 1 aromatic carbocycles. The van der Waals surface area contributed by atoms with Crippen LogP contribution in [0.5, 0.6) is 0 Å². The van der Waals surface area contributed by atoms with Crippen LogP contribution in [-0.2, 0) is 43.9 Å². The molecule has 0 aliphatic rings. The SMILES string of the molecule is C[n+]1c(CCCCP(=O)(Cc2ccccc2)C(C)(C)C)[nH]c(S(=O)(=O)C(F)(F)F)c1S(=O)(=O)C(F)(F)F. The van der Waals surface area contributed by atoms with E-state index in [2.05, 4.69) is 0 Å². The maximum absolute atomic E-state index is 13.8. The largest absolute Gasteiger partial charge is 0.505 e. The Morgan fingerprint density at radius 1 is 0.865 bits per heavy atom. The lowest BCUT2D eigenvalue weighted by atomic mass is 10.2. The van der Waals surface area contributed by atoms with E-state index in [1.807, 2.05) is 39.0 Å². The van der Waals surface area contributed by atoms with Crippen LogP contribution in [0.1, 0.15) is 45.0 Å². The molecule has 7 nitrogen and oxygen atoms in total. The summed E-state index contributed by atoms with van der Waals surface area (Å²) in [5.74, 6) is -0.473. The number of nitrogens with zero attached hydrogens (tertiary/aromatic N) is 1. The Morgan fingerprint density at radius 2 is 1.38 bits per heavy atom. The van der Waals surface area contributed by atoms with E-state index in [0.29, 0.717) is 0 Å². The molecule has 1 heterocycles. The number of sulfone groups is 2. The van der Waals surface area contributed by atoms with E-state index in [1.165, 1.54) is 0 Å². The summed E-state index contributed by atoms with van der Waals surface area (Å²) < 4.78 is 141. The highest BCUT2D eigenvalue weighted by molar-refractivity contribution is 7.95. The third kappa shape index (κ3) is 6.42. The van der Waals surface area contributed by atoms with Gasteiger partial charge in [-0.25, -0.2) is 26.4 Å². The van der Waals surface area contributed by atoms with Crippen LogP contribution in [0, 0.1) is 0 Å². The summed E-state index contributed by atoms with van der Waals surface area (Å²) in [6, 6.07) is 9.05. The predicted molar refractivity (Wildman–Crippen MR) is 124 cm³/mol. The number of halogens is 6. The van der Waals surface area contributed by atoms with Crippen molar-refractivity contribution in [1.82, 2.24) is 4.98 Å². The number of aryl methyl sites for hydroxylation is 1. The number of hydrogen-bond acceptors (Lipinski definition) is 5. The summed E-state index contributed by atoms with van der Waals surface area (Å²) in [6.07, 6.45) is 0.524. The number of unbranched alkanes of at least 4 members (excludes halogenated alkanes) is 1. The molecule has 0 aliphatic heterocycles. The monoisotopic (exact) mass is 597 g/mol. The van der Waals surface area contributed by atoms with Crippen LogP contribution >= 0.6 is 7.14 Å². The average molecular weight is 598 g/mol. The Labute approximate surface area is 211 Å².